The van der Waals surface area contributed by atoms with E-state index < -0.39 is 19.7 Å². The zero-order valence-corrected chi connectivity index (χ0v) is 39.5. The fourth-order valence-electron chi connectivity index (χ4n) is 11.4. The molecule has 2 aromatic carbocycles. The van der Waals surface area contributed by atoms with E-state index in [1.54, 1.807) is 18.6 Å². The van der Waals surface area contributed by atoms with Crippen molar-refractivity contribution >= 4 is 42.6 Å². The van der Waals surface area contributed by atoms with Gasteiger partial charge in [-0.05, 0) is 68.9 Å². The van der Waals surface area contributed by atoms with Crippen LogP contribution < -0.4 is 16.8 Å². The maximum Gasteiger partial charge on any atom is 0.180 e. The molecule has 0 spiro atoms. The van der Waals surface area contributed by atoms with Crippen molar-refractivity contribution in [2.24, 2.45) is 11.8 Å². The number of hydrogen-bond acceptors (Lipinski definition) is 13. The van der Waals surface area contributed by atoms with Crippen LogP contribution in [0.4, 0.5) is 11.6 Å². The largest absolute Gasteiger partial charge is 0.382 e. The van der Waals surface area contributed by atoms with Gasteiger partial charge in [-0.1, -0.05) is 85.6 Å². The second-order valence-corrected chi connectivity index (χ2v) is 23.1. The first-order chi connectivity index (χ1) is 32.8. The molecule has 8 heterocycles. The Labute approximate surface area is 395 Å². The quantitative estimate of drug-likeness (QED) is 0.131. The summed E-state index contributed by atoms with van der Waals surface area (Å²) in [5.74, 6) is 1.69. The Kier molecular flexibility index (Phi) is 11.1. The Hall–Kier alpha value is -6.56. The molecule has 2 aliphatic carbocycles. The molecule has 68 heavy (non-hydrogen) atoms. The summed E-state index contributed by atoms with van der Waals surface area (Å²) in [7, 11) is -7.16. The molecule has 348 valence electrons. The van der Waals surface area contributed by atoms with Crippen molar-refractivity contribution in [1.82, 2.24) is 44.5 Å². The van der Waals surface area contributed by atoms with E-state index in [0.717, 1.165) is 83.3 Å². The van der Waals surface area contributed by atoms with Gasteiger partial charge in [0.2, 0.25) is 0 Å². The molecule has 4 bridgehead atoms. The summed E-state index contributed by atoms with van der Waals surface area (Å²) in [5.41, 5.74) is 22.3. The third kappa shape index (κ3) is 8.19. The number of nitrogen functional groups attached to an aromatic ring is 2. The number of nitrogens with one attached hydrogen (secondary N) is 1. The standard InChI is InChI=1S/C26H27N5O2S.C25H26N6O2S/c1-34(32,33)24-23(20-12-16-7-8-17(11-16)13-20)30-26-21(15-29-31(26)25(24)27)19-9-10-22(28-14-19)18-5-3-2-4-6-18;1-34(32,33)23-22(17-11-18-8-9-19(12-17)29-18)30-25-20(14-28-31(25)24(23)26)16-7-10-21(27-13-16)15-5-3-2-4-6-15/h2-6,9-10,14-17,20H,7-8,11-13,27H2,1H3;2-7,10,13-14,17-19,29H,8-9,11-12,26H2,1H3. The monoisotopic (exact) mass is 947 g/mol. The molecule has 0 radical (unpaired) electrons. The van der Waals surface area contributed by atoms with E-state index in [2.05, 4.69) is 25.5 Å². The predicted octanol–water partition coefficient (Wildman–Crippen LogP) is 8.18. The van der Waals surface area contributed by atoms with Crippen LogP contribution in [0, 0.1) is 11.8 Å². The summed E-state index contributed by atoms with van der Waals surface area (Å²) < 4.78 is 54.1. The Balaban J connectivity index is 0.000000149. The zero-order valence-electron chi connectivity index (χ0n) is 37.9. The number of piperidine rings is 1. The van der Waals surface area contributed by atoms with Gasteiger partial charge in [-0.25, -0.2) is 26.8 Å². The molecule has 8 aromatic rings. The van der Waals surface area contributed by atoms with E-state index in [4.69, 9.17) is 21.4 Å². The van der Waals surface area contributed by atoms with Gasteiger partial charge in [-0.2, -0.15) is 19.2 Å². The van der Waals surface area contributed by atoms with Gasteiger partial charge < -0.3 is 16.8 Å². The first kappa shape index (κ1) is 44.0. The molecule has 6 aromatic heterocycles. The average Bonchev–Trinajstić information content (AvgIpc) is 4.13. The first-order valence-electron chi connectivity index (χ1n) is 23.3. The summed E-state index contributed by atoms with van der Waals surface area (Å²) in [6.45, 7) is 0. The maximum absolute atomic E-state index is 12.8. The molecule has 4 unspecified atom stereocenters. The highest BCUT2D eigenvalue weighted by Gasteiger charge is 2.40. The van der Waals surface area contributed by atoms with Crippen molar-refractivity contribution in [2.45, 2.75) is 91.5 Å². The molecule has 4 atom stereocenters. The van der Waals surface area contributed by atoms with Crippen LogP contribution in [-0.4, -0.2) is 80.6 Å². The van der Waals surface area contributed by atoms with E-state index in [1.165, 1.54) is 40.8 Å². The number of sulfone groups is 2. The predicted molar refractivity (Wildman–Crippen MR) is 263 cm³/mol. The molecule has 4 fully saturated rings. The lowest BCUT2D eigenvalue weighted by molar-refractivity contribution is 0.313. The number of aromatic nitrogens is 8. The van der Waals surface area contributed by atoms with E-state index in [-0.39, 0.29) is 33.3 Å². The SMILES string of the molecule is CS(=O)(=O)c1c(C2CC3CCC(C2)N3)nc2c(-c3ccc(-c4ccccc4)nc3)cnn2c1N.CS(=O)(=O)c1c(C2CC3CCC(C3)C2)nc2c(-c3ccc(-c4ccccc4)nc3)cnn2c1N. The Morgan fingerprint density at radius 3 is 1.34 bits per heavy atom. The Bertz CT molecular complexity index is 3170. The van der Waals surface area contributed by atoms with E-state index >= 15 is 0 Å². The molecule has 2 aliphatic heterocycles. The van der Waals surface area contributed by atoms with E-state index in [1.807, 2.05) is 91.1 Å². The van der Waals surface area contributed by atoms with Crippen molar-refractivity contribution in [3.8, 4) is 44.8 Å². The summed E-state index contributed by atoms with van der Waals surface area (Å²) in [5, 5.41) is 12.4. The van der Waals surface area contributed by atoms with Crippen molar-refractivity contribution in [1.29, 1.82) is 0 Å². The number of nitrogens with two attached hydrogens (primary N) is 2. The number of rotatable bonds is 8. The van der Waals surface area contributed by atoms with Gasteiger partial charge in [-0.15, -0.1) is 0 Å². The normalized spacial score (nSPS) is 22.3. The van der Waals surface area contributed by atoms with Crippen LogP contribution in [0.2, 0.25) is 0 Å². The zero-order chi connectivity index (χ0) is 46.9. The third-order valence-corrected chi connectivity index (χ3v) is 16.8. The first-order valence-corrected chi connectivity index (χ1v) is 27.1. The Morgan fingerprint density at radius 2 is 0.941 bits per heavy atom. The second-order valence-electron chi connectivity index (χ2n) is 19.2. The highest BCUT2D eigenvalue weighted by Crippen LogP contribution is 2.50. The number of benzene rings is 2. The van der Waals surface area contributed by atoms with E-state index in [0.29, 0.717) is 46.6 Å². The Morgan fingerprint density at radius 1 is 0.515 bits per heavy atom. The number of nitrogens with zero attached hydrogens (tertiary/aromatic N) is 8. The average molecular weight is 948 g/mol. The summed E-state index contributed by atoms with van der Waals surface area (Å²) in [4.78, 5) is 19.4. The van der Waals surface area contributed by atoms with Crippen molar-refractivity contribution < 1.29 is 16.8 Å². The van der Waals surface area contributed by atoms with Gasteiger partial charge in [0.1, 0.15) is 21.4 Å². The summed E-state index contributed by atoms with van der Waals surface area (Å²) >= 11 is 0. The van der Waals surface area contributed by atoms with Gasteiger partial charge in [0.25, 0.3) is 0 Å². The smallest absolute Gasteiger partial charge is 0.180 e. The molecular formula is C51H53N11O4S2. The van der Waals surface area contributed by atoms with E-state index in [9.17, 15) is 16.8 Å². The minimum atomic E-state index is -3.59. The van der Waals surface area contributed by atoms with Gasteiger partial charge in [0.15, 0.2) is 31.0 Å². The highest BCUT2D eigenvalue weighted by molar-refractivity contribution is 7.91. The topological polar surface area (TPSA) is 219 Å². The number of pyridine rings is 2. The molecule has 2 saturated carbocycles. The molecule has 17 heteroatoms. The lowest BCUT2D eigenvalue weighted by Gasteiger charge is -2.30. The molecule has 0 amide bonds. The van der Waals surface area contributed by atoms with Crippen LogP contribution in [0.25, 0.3) is 56.1 Å². The second kappa shape index (κ2) is 17.2. The van der Waals surface area contributed by atoms with Crippen molar-refractivity contribution in [3.05, 3.63) is 121 Å². The summed E-state index contributed by atoms with van der Waals surface area (Å²) in [6, 6.07) is 28.7. The third-order valence-electron chi connectivity index (χ3n) is 14.5. The van der Waals surface area contributed by atoms with Gasteiger partial charge in [0.05, 0.1) is 35.2 Å². The van der Waals surface area contributed by atoms with Crippen LogP contribution in [0.15, 0.2) is 120 Å². The van der Waals surface area contributed by atoms with Crippen LogP contribution >= 0.6 is 0 Å². The highest BCUT2D eigenvalue weighted by atomic mass is 32.2. The van der Waals surface area contributed by atoms with Crippen LogP contribution in [0.3, 0.4) is 0 Å². The molecule has 12 rings (SSSR count). The fourth-order valence-corrected chi connectivity index (χ4v) is 13.6. The maximum atomic E-state index is 12.8. The molecular weight excluding hydrogens is 895 g/mol. The minimum Gasteiger partial charge on any atom is -0.382 e. The minimum absolute atomic E-state index is 0.0390. The van der Waals surface area contributed by atoms with Gasteiger partial charge in [0, 0.05) is 82.2 Å². The molecule has 2 saturated heterocycles. The van der Waals surface area contributed by atoms with Gasteiger partial charge in [-0.3, -0.25) is 9.97 Å². The van der Waals surface area contributed by atoms with Crippen molar-refractivity contribution in [3.63, 3.8) is 0 Å². The van der Waals surface area contributed by atoms with Crippen LogP contribution in [0.5, 0.6) is 0 Å². The van der Waals surface area contributed by atoms with Gasteiger partial charge >= 0.3 is 0 Å². The van der Waals surface area contributed by atoms with Crippen LogP contribution in [0.1, 0.15) is 81.0 Å². The number of hydrogen-bond donors (Lipinski definition) is 3. The number of fused-ring (bicyclic) bond motifs is 6. The molecule has 5 N–H and O–H groups in total. The van der Waals surface area contributed by atoms with Crippen LogP contribution in [-0.2, 0) is 19.7 Å². The molecule has 4 aliphatic rings. The summed E-state index contributed by atoms with van der Waals surface area (Å²) in [6.07, 6.45) is 19.0. The lowest BCUT2D eigenvalue weighted by atomic mass is 9.79. The fraction of sp³-hybridized carbons (Fsp3) is 0.333. The lowest BCUT2D eigenvalue weighted by Crippen LogP contribution is -2.38. The van der Waals surface area contributed by atoms with Crippen molar-refractivity contribution in [2.75, 3.05) is 24.0 Å². The number of anilines is 2. The molecule has 15 nitrogen and oxygen atoms in total.